The third kappa shape index (κ3) is 7.99. The zero-order valence-electron chi connectivity index (χ0n) is 20.8. The Balaban J connectivity index is 1.20. The number of hydrogen-bond donors (Lipinski definition) is 1. The molecule has 0 atom stereocenters. The van der Waals surface area contributed by atoms with Crippen molar-refractivity contribution in [1.29, 1.82) is 0 Å². The normalized spacial score (nSPS) is 11.4. The minimum atomic E-state index is -0.409. The molecule has 1 aromatic heterocycles. The van der Waals surface area contributed by atoms with E-state index in [4.69, 9.17) is 9.47 Å². The molecule has 192 valence electrons. The Hall–Kier alpha value is -4.01. The van der Waals surface area contributed by atoms with E-state index in [0.717, 1.165) is 37.0 Å². The van der Waals surface area contributed by atoms with Gasteiger partial charge in [-0.25, -0.2) is 0 Å². The van der Waals surface area contributed by atoms with E-state index in [1.807, 2.05) is 48.5 Å². The van der Waals surface area contributed by atoms with Gasteiger partial charge in [-0.05, 0) is 36.6 Å². The molecule has 0 fully saturated rings. The quantitative estimate of drug-likeness (QED) is 0.129. The summed E-state index contributed by atoms with van der Waals surface area (Å²) in [6, 6.07) is 24.8. The van der Waals surface area contributed by atoms with Crippen molar-refractivity contribution in [2.75, 3.05) is 26.3 Å². The monoisotopic (exact) mass is 500 g/mol. The molecule has 1 heterocycles. The lowest BCUT2D eigenvalue weighted by molar-refractivity contribution is -0.384. The first-order valence-electron chi connectivity index (χ1n) is 12.5. The summed E-state index contributed by atoms with van der Waals surface area (Å²) in [6.07, 6.45) is 6.45. The zero-order valence-corrected chi connectivity index (χ0v) is 20.8. The van der Waals surface area contributed by atoms with Gasteiger partial charge in [0, 0.05) is 18.7 Å². The van der Waals surface area contributed by atoms with Crippen molar-refractivity contribution < 1.29 is 14.4 Å². The van der Waals surface area contributed by atoms with E-state index >= 15 is 0 Å². The number of allylic oxidation sites excluding steroid dienone is 1. The highest BCUT2D eigenvalue weighted by molar-refractivity contribution is 5.86. The summed E-state index contributed by atoms with van der Waals surface area (Å²) in [4.78, 5) is 10.9. The minimum Gasteiger partial charge on any atom is -0.471 e. The topological polar surface area (TPSA) is 91.5 Å². The molecular weight excluding hydrogens is 468 g/mol. The lowest BCUT2D eigenvalue weighted by Gasteiger charge is -2.07. The fraction of sp³-hybridized carbons (Fsp3) is 0.276. The van der Waals surface area contributed by atoms with Gasteiger partial charge in [-0.15, -0.1) is 5.10 Å². The molecule has 0 aliphatic heterocycles. The number of fused-ring (bicyclic) bond motifs is 1. The van der Waals surface area contributed by atoms with Crippen molar-refractivity contribution in [2.45, 2.75) is 26.0 Å². The van der Waals surface area contributed by atoms with E-state index in [1.54, 1.807) is 10.7 Å². The van der Waals surface area contributed by atoms with Crippen LogP contribution in [-0.2, 0) is 17.9 Å². The lowest BCUT2D eigenvalue weighted by atomic mass is 10.2. The highest BCUT2D eigenvalue weighted by Gasteiger charge is 2.16. The molecule has 3 aromatic carbocycles. The second-order valence-electron chi connectivity index (χ2n) is 8.58. The van der Waals surface area contributed by atoms with Gasteiger partial charge in [0.15, 0.2) is 0 Å². The Morgan fingerprint density at radius 3 is 2.54 bits per heavy atom. The molecule has 0 aliphatic carbocycles. The molecule has 8 heteroatoms. The number of nitrogens with zero attached hydrogens (tertiary/aromatic N) is 3. The van der Waals surface area contributed by atoms with Crippen molar-refractivity contribution in [3.63, 3.8) is 0 Å². The van der Waals surface area contributed by atoms with Crippen LogP contribution in [-0.4, -0.2) is 41.0 Å². The van der Waals surface area contributed by atoms with Crippen LogP contribution in [0, 0.1) is 10.1 Å². The number of nitro groups is 1. The number of aromatic nitrogens is 2. The van der Waals surface area contributed by atoms with E-state index in [0.29, 0.717) is 37.6 Å². The molecule has 0 aliphatic rings. The molecule has 0 saturated carbocycles. The zero-order chi connectivity index (χ0) is 25.7. The van der Waals surface area contributed by atoms with Gasteiger partial charge >= 0.3 is 0 Å². The summed E-state index contributed by atoms with van der Waals surface area (Å²) in [5.41, 5.74) is 3.01. The molecule has 0 saturated heterocycles. The maximum Gasteiger partial charge on any atom is 0.270 e. The van der Waals surface area contributed by atoms with Crippen LogP contribution >= 0.6 is 0 Å². The van der Waals surface area contributed by atoms with Crippen LogP contribution in [0.5, 0.6) is 5.88 Å². The number of nitro benzene ring substituents is 1. The summed E-state index contributed by atoms with van der Waals surface area (Å²) < 4.78 is 13.5. The standard InChI is InChI=1S/C29H32N4O4/c34-33(35)26-15-16-28-27(22-26)29(37-23-25-13-6-2-7-14-25)31-32(28)19-21-36-20-18-30-17-9-3-8-12-24-10-4-1-5-11-24/h1-2,4-8,10-16,22,30H,3,9,17-21,23H2/b12-8+. The van der Waals surface area contributed by atoms with E-state index in [2.05, 4.69) is 34.7 Å². The van der Waals surface area contributed by atoms with Crippen molar-refractivity contribution >= 4 is 22.7 Å². The summed E-state index contributed by atoms with van der Waals surface area (Å²) in [5, 5.41) is 19.9. The lowest BCUT2D eigenvalue weighted by Crippen LogP contribution is -2.21. The SMILES string of the molecule is O=[N+]([O-])c1ccc2c(c1)c(OCc1ccccc1)nn2CCOCCNCCC/C=C/c1ccccc1. The van der Waals surface area contributed by atoms with Gasteiger partial charge in [0.05, 0.1) is 35.6 Å². The predicted molar refractivity (Wildman–Crippen MR) is 146 cm³/mol. The fourth-order valence-corrected chi connectivity index (χ4v) is 3.91. The first kappa shape index (κ1) is 26.1. The van der Waals surface area contributed by atoms with Gasteiger partial charge in [-0.1, -0.05) is 72.8 Å². The van der Waals surface area contributed by atoms with Crippen LogP contribution in [0.15, 0.2) is 84.9 Å². The fourth-order valence-electron chi connectivity index (χ4n) is 3.91. The number of benzene rings is 3. The molecule has 4 aromatic rings. The van der Waals surface area contributed by atoms with Crippen LogP contribution in [0.1, 0.15) is 24.0 Å². The number of non-ortho nitro benzene ring substituents is 1. The van der Waals surface area contributed by atoms with E-state index < -0.39 is 4.92 Å². The van der Waals surface area contributed by atoms with Crippen LogP contribution in [0.25, 0.3) is 17.0 Å². The van der Waals surface area contributed by atoms with E-state index in [9.17, 15) is 10.1 Å². The smallest absolute Gasteiger partial charge is 0.270 e. The molecule has 37 heavy (non-hydrogen) atoms. The van der Waals surface area contributed by atoms with Crippen molar-refractivity contribution in [2.24, 2.45) is 0 Å². The number of rotatable bonds is 15. The highest BCUT2D eigenvalue weighted by atomic mass is 16.6. The van der Waals surface area contributed by atoms with Crippen LogP contribution in [0.4, 0.5) is 5.69 Å². The number of unbranched alkanes of at least 4 members (excludes halogenated alkanes) is 1. The summed E-state index contributed by atoms with van der Waals surface area (Å²) in [6.45, 7) is 3.65. The van der Waals surface area contributed by atoms with Gasteiger partial charge in [0.2, 0.25) is 5.88 Å². The van der Waals surface area contributed by atoms with E-state index in [-0.39, 0.29) is 5.69 Å². The van der Waals surface area contributed by atoms with Crippen molar-refractivity contribution in [1.82, 2.24) is 15.1 Å². The van der Waals surface area contributed by atoms with Gasteiger partial charge in [0.25, 0.3) is 5.69 Å². The molecule has 0 amide bonds. The number of hydrogen-bond acceptors (Lipinski definition) is 6. The Kier molecular flexibility index (Phi) is 9.80. The van der Waals surface area contributed by atoms with Crippen LogP contribution < -0.4 is 10.1 Å². The molecule has 0 unspecified atom stereocenters. The Bertz CT molecular complexity index is 1290. The predicted octanol–water partition coefficient (Wildman–Crippen LogP) is 5.62. The Morgan fingerprint density at radius 1 is 0.973 bits per heavy atom. The number of ether oxygens (including phenoxy) is 2. The average Bonchev–Trinajstić information content (AvgIpc) is 3.28. The second-order valence-corrected chi connectivity index (χ2v) is 8.58. The van der Waals surface area contributed by atoms with Gasteiger partial charge in [-0.3, -0.25) is 14.8 Å². The highest BCUT2D eigenvalue weighted by Crippen LogP contribution is 2.29. The van der Waals surface area contributed by atoms with Crippen LogP contribution in [0.3, 0.4) is 0 Å². The van der Waals surface area contributed by atoms with Gasteiger partial charge in [-0.2, -0.15) is 0 Å². The molecule has 0 radical (unpaired) electrons. The molecule has 8 nitrogen and oxygen atoms in total. The third-order valence-electron chi connectivity index (χ3n) is 5.83. The van der Waals surface area contributed by atoms with E-state index in [1.165, 1.54) is 17.7 Å². The molecular formula is C29H32N4O4. The maximum absolute atomic E-state index is 11.3. The average molecular weight is 501 g/mol. The first-order valence-corrected chi connectivity index (χ1v) is 12.5. The number of nitrogens with one attached hydrogen (secondary N) is 1. The molecule has 0 spiro atoms. The largest absolute Gasteiger partial charge is 0.471 e. The molecule has 4 rings (SSSR count). The van der Waals surface area contributed by atoms with Gasteiger partial charge in [0.1, 0.15) is 6.61 Å². The Morgan fingerprint density at radius 2 is 1.76 bits per heavy atom. The summed E-state index contributed by atoms with van der Waals surface area (Å²) >= 11 is 0. The second kappa shape index (κ2) is 13.9. The van der Waals surface area contributed by atoms with Gasteiger partial charge < -0.3 is 14.8 Å². The van der Waals surface area contributed by atoms with Crippen molar-refractivity contribution in [3.8, 4) is 5.88 Å². The maximum atomic E-state index is 11.3. The Labute approximate surface area is 216 Å². The minimum absolute atomic E-state index is 0.00879. The third-order valence-corrected chi connectivity index (χ3v) is 5.83. The summed E-state index contributed by atoms with van der Waals surface area (Å²) in [7, 11) is 0. The first-order chi connectivity index (χ1) is 18.2. The van der Waals surface area contributed by atoms with Crippen LogP contribution in [0.2, 0.25) is 0 Å². The van der Waals surface area contributed by atoms with Crippen molar-refractivity contribution in [3.05, 3.63) is 106 Å². The summed E-state index contributed by atoms with van der Waals surface area (Å²) in [5.74, 6) is 0.380. The molecule has 1 N–H and O–H groups in total. The molecule has 0 bridgehead atoms.